The second-order valence-electron chi connectivity index (χ2n) is 8.80. The zero-order valence-corrected chi connectivity index (χ0v) is 19.9. The van der Waals surface area contributed by atoms with E-state index in [1.54, 1.807) is 11.3 Å². The van der Waals surface area contributed by atoms with E-state index in [0.717, 1.165) is 73.7 Å². The highest BCUT2D eigenvalue weighted by atomic mass is 32.2. The highest BCUT2D eigenvalue weighted by Crippen LogP contribution is 2.32. The number of hydrogen-bond donors (Lipinski definition) is 1. The molecule has 168 valence electrons. The predicted octanol–water partition coefficient (Wildman–Crippen LogP) is 2.47. The molecule has 9 heteroatoms. The molecule has 0 spiro atoms. The summed E-state index contributed by atoms with van der Waals surface area (Å²) in [5, 5.41) is 4.58. The fourth-order valence-electron chi connectivity index (χ4n) is 4.64. The maximum Gasteiger partial charge on any atom is 0.240 e. The summed E-state index contributed by atoms with van der Waals surface area (Å²) >= 11 is 3.60. The van der Waals surface area contributed by atoms with Crippen molar-refractivity contribution in [1.82, 2.24) is 20.1 Å². The van der Waals surface area contributed by atoms with Crippen LogP contribution in [-0.4, -0.2) is 89.8 Å². The highest BCUT2D eigenvalue weighted by Gasteiger charge is 2.36. The van der Waals surface area contributed by atoms with Crippen LogP contribution in [0.3, 0.4) is 0 Å². The van der Waals surface area contributed by atoms with Crippen molar-refractivity contribution in [2.45, 2.75) is 38.5 Å². The third-order valence-corrected chi connectivity index (χ3v) is 8.34. The molecule has 3 aliphatic rings. The SMILES string of the molecule is CC(C)Oc1ccc2nc(N3CCN([C@@H]4CN[C@H](C(=O)N5CCSC5)C4)CC3)sc2c1. The lowest BCUT2D eigenvalue weighted by molar-refractivity contribution is -0.131. The van der Waals surface area contributed by atoms with Gasteiger partial charge in [0.2, 0.25) is 5.91 Å². The first-order chi connectivity index (χ1) is 15.1. The molecule has 0 radical (unpaired) electrons. The van der Waals surface area contributed by atoms with Crippen LogP contribution in [-0.2, 0) is 4.79 Å². The van der Waals surface area contributed by atoms with E-state index < -0.39 is 0 Å². The fourth-order valence-corrected chi connectivity index (χ4v) is 6.64. The van der Waals surface area contributed by atoms with E-state index in [9.17, 15) is 4.79 Å². The average Bonchev–Trinajstić information content (AvgIpc) is 3.53. The number of carbonyl (C=O) groups is 1. The van der Waals surface area contributed by atoms with Gasteiger partial charge in [0, 0.05) is 51.1 Å². The molecule has 3 saturated heterocycles. The Kier molecular flexibility index (Phi) is 6.28. The Hall–Kier alpha value is -1.55. The van der Waals surface area contributed by atoms with E-state index in [1.165, 1.54) is 4.70 Å². The maximum absolute atomic E-state index is 12.7. The molecular formula is C22H31N5O2S2. The molecule has 2 aromatic rings. The summed E-state index contributed by atoms with van der Waals surface area (Å²) in [4.78, 5) is 24.5. The molecule has 3 aliphatic heterocycles. The number of aromatic nitrogens is 1. The van der Waals surface area contributed by atoms with Crippen LogP contribution >= 0.6 is 23.1 Å². The number of hydrogen-bond acceptors (Lipinski definition) is 8. The Balaban J connectivity index is 1.16. The number of anilines is 1. The van der Waals surface area contributed by atoms with E-state index in [1.807, 2.05) is 36.6 Å². The van der Waals surface area contributed by atoms with Gasteiger partial charge in [-0.1, -0.05) is 11.3 Å². The first-order valence-corrected chi connectivity index (χ1v) is 13.2. The quantitative estimate of drug-likeness (QED) is 0.734. The summed E-state index contributed by atoms with van der Waals surface area (Å²) in [6.07, 6.45) is 1.10. The largest absolute Gasteiger partial charge is 0.491 e. The van der Waals surface area contributed by atoms with E-state index in [0.29, 0.717) is 11.9 Å². The minimum absolute atomic E-state index is 0.00625. The van der Waals surface area contributed by atoms with Gasteiger partial charge < -0.3 is 19.9 Å². The zero-order valence-electron chi connectivity index (χ0n) is 18.2. The van der Waals surface area contributed by atoms with Crippen molar-refractivity contribution >= 4 is 44.4 Å². The minimum atomic E-state index is -0.00625. The topological polar surface area (TPSA) is 60.9 Å². The van der Waals surface area contributed by atoms with Gasteiger partial charge in [0.15, 0.2) is 5.13 Å². The van der Waals surface area contributed by atoms with Gasteiger partial charge in [0.1, 0.15) is 5.75 Å². The number of ether oxygens (including phenoxy) is 1. The Bertz CT molecular complexity index is 922. The maximum atomic E-state index is 12.7. The number of thioether (sulfide) groups is 1. The van der Waals surface area contributed by atoms with Crippen molar-refractivity contribution < 1.29 is 9.53 Å². The van der Waals surface area contributed by atoms with Gasteiger partial charge in [-0.05, 0) is 38.5 Å². The lowest BCUT2D eigenvalue weighted by atomic mass is 10.1. The molecular weight excluding hydrogens is 430 g/mol. The number of fused-ring (bicyclic) bond motifs is 1. The number of piperazine rings is 1. The summed E-state index contributed by atoms with van der Waals surface area (Å²) in [7, 11) is 0. The molecule has 1 aromatic heterocycles. The Morgan fingerprint density at radius 1 is 1.23 bits per heavy atom. The molecule has 3 fully saturated rings. The van der Waals surface area contributed by atoms with Gasteiger partial charge in [-0.25, -0.2) is 4.98 Å². The molecule has 31 heavy (non-hydrogen) atoms. The van der Waals surface area contributed by atoms with Crippen molar-refractivity contribution in [1.29, 1.82) is 0 Å². The molecule has 5 rings (SSSR count). The van der Waals surface area contributed by atoms with Crippen LogP contribution in [0.1, 0.15) is 20.3 Å². The van der Waals surface area contributed by atoms with Crippen LogP contribution < -0.4 is 15.0 Å². The van der Waals surface area contributed by atoms with Crippen LogP contribution in [0.4, 0.5) is 5.13 Å². The first kappa shape index (κ1) is 21.3. The molecule has 7 nitrogen and oxygen atoms in total. The van der Waals surface area contributed by atoms with Gasteiger partial charge in [0.25, 0.3) is 0 Å². The zero-order chi connectivity index (χ0) is 21.4. The summed E-state index contributed by atoms with van der Waals surface area (Å²) in [6, 6.07) is 6.62. The molecule has 2 atom stereocenters. The van der Waals surface area contributed by atoms with Crippen LogP contribution in [0.15, 0.2) is 18.2 Å². The Labute approximate surface area is 192 Å². The van der Waals surface area contributed by atoms with Crippen LogP contribution in [0, 0.1) is 0 Å². The molecule has 0 aliphatic carbocycles. The smallest absolute Gasteiger partial charge is 0.240 e. The summed E-state index contributed by atoms with van der Waals surface area (Å²) in [5.41, 5.74) is 1.04. The second-order valence-corrected chi connectivity index (χ2v) is 10.9. The third kappa shape index (κ3) is 4.65. The van der Waals surface area contributed by atoms with Gasteiger partial charge in [-0.2, -0.15) is 0 Å². The van der Waals surface area contributed by atoms with Crippen molar-refractivity contribution in [2.75, 3.05) is 55.8 Å². The molecule has 4 heterocycles. The van der Waals surface area contributed by atoms with E-state index in [2.05, 4.69) is 27.2 Å². The Morgan fingerprint density at radius 3 is 2.81 bits per heavy atom. The van der Waals surface area contributed by atoms with Crippen molar-refractivity contribution in [2.24, 2.45) is 0 Å². The van der Waals surface area contributed by atoms with Crippen molar-refractivity contribution in [3.8, 4) is 5.75 Å². The van der Waals surface area contributed by atoms with Crippen LogP contribution in [0.25, 0.3) is 10.2 Å². The number of carbonyl (C=O) groups excluding carboxylic acids is 1. The Morgan fingerprint density at radius 2 is 2.06 bits per heavy atom. The molecule has 0 unspecified atom stereocenters. The lowest BCUT2D eigenvalue weighted by Crippen LogP contribution is -2.51. The summed E-state index contributed by atoms with van der Waals surface area (Å²) in [6.45, 7) is 9.90. The first-order valence-electron chi connectivity index (χ1n) is 11.2. The fraction of sp³-hybridized carbons (Fsp3) is 0.636. The standard InChI is InChI=1S/C22H31N5O2S2/c1-15(2)29-17-3-4-18-20(12-17)31-22(24-18)26-7-5-25(6-8-26)16-11-19(23-13-16)21(28)27-9-10-30-14-27/h3-4,12,15-16,19,23H,5-11,13-14H2,1-2H3/t16-,19-/m0/s1. The normalized spacial score (nSPS) is 25.1. The summed E-state index contributed by atoms with van der Waals surface area (Å²) in [5.74, 6) is 3.13. The van der Waals surface area contributed by atoms with Crippen LogP contribution in [0.5, 0.6) is 5.75 Å². The number of thiazole rings is 1. The molecule has 0 saturated carbocycles. The third-order valence-electron chi connectivity index (χ3n) is 6.29. The number of nitrogens with zero attached hydrogens (tertiary/aromatic N) is 4. The number of benzene rings is 1. The molecule has 0 bridgehead atoms. The lowest BCUT2D eigenvalue weighted by Gasteiger charge is -2.37. The van der Waals surface area contributed by atoms with Gasteiger partial charge >= 0.3 is 0 Å². The minimum Gasteiger partial charge on any atom is -0.491 e. The predicted molar refractivity (Wildman–Crippen MR) is 128 cm³/mol. The molecule has 1 amide bonds. The monoisotopic (exact) mass is 461 g/mol. The molecule has 1 N–H and O–H groups in total. The van der Waals surface area contributed by atoms with Gasteiger partial charge in [-0.15, -0.1) is 11.8 Å². The number of nitrogens with one attached hydrogen (secondary N) is 1. The van der Waals surface area contributed by atoms with Gasteiger partial charge in [0.05, 0.1) is 28.2 Å². The van der Waals surface area contributed by atoms with E-state index in [4.69, 9.17) is 9.72 Å². The summed E-state index contributed by atoms with van der Waals surface area (Å²) < 4.78 is 7.01. The van der Waals surface area contributed by atoms with E-state index >= 15 is 0 Å². The second kappa shape index (κ2) is 9.13. The van der Waals surface area contributed by atoms with E-state index in [-0.39, 0.29) is 12.1 Å². The van der Waals surface area contributed by atoms with Crippen LogP contribution in [0.2, 0.25) is 0 Å². The van der Waals surface area contributed by atoms with Gasteiger partial charge in [-0.3, -0.25) is 9.69 Å². The average molecular weight is 462 g/mol. The number of amides is 1. The number of rotatable bonds is 5. The van der Waals surface area contributed by atoms with Crippen molar-refractivity contribution in [3.05, 3.63) is 18.2 Å². The molecule has 1 aromatic carbocycles. The van der Waals surface area contributed by atoms with Crippen molar-refractivity contribution in [3.63, 3.8) is 0 Å². The highest BCUT2D eigenvalue weighted by molar-refractivity contribution is 7.99.